The maximum atomic E-state index is 11.9. The molecule has 0 radical (unpaired) electrons. The number of amides is 3. The molecule has 3 amide bonds. The first kappa shape index (κ1) is 18.3. The molecular weight excluding hydrogens is 322 g/mol. The van der Waals surface area contributed by atoms with E-state index in [1.54, 1.807) is 57.2 Å². The number of carbonyl (C=O) groups is 3. The van der Waals surface area contributed by atoms with E-state index in [0.717, 1.165) is 0 Å². The molecule has 0 unspecified atom stereocenters. The highest BCUT2D eigenvalue weighted by Crippen LogP contribution is 2.16. The van der Waals surface area contributed by atoms with Gasteiger partial charge in [0.25, 0.3) is 5.91 Å². The van der Waals surface area contributed by atoms with Gasteiger partial charge in [-0.1, -0.05) is 26.8 Å². The number of hydrogen-bond acceptors (Lipinski definition) is 4. The van der Waals surface area contributed by atoms with Crippen molar-refractivity contribution in [2.75, 3.05) is 17.2 Å². The number of benzene rings is 1. The molecule has 0 saturated carbocycles. The van der Waals surface area contributed by atoms with Crippen LogP contribution in [0.15, 0.2) is 47.1 Å². The van der Waals surface area contributed by atoms with Crippen LogP contribution in [0.5, 0.6) is 0 Å². The molecule has 0 aliphatic rings. The number of anilines is 2. The summed E-state index contributed by atoms with van der Waals surface area (Å²) in [6.07, 6.45) is 1.41. The Morgan fingerprint density at radius 2 is 1.68 bits per heavy atom. The standard InChI is InChI=1S/C18H21N3O4/c1-18(2,3)17(24)19-11-15(22)20-12-6-4-7-13(10-12)21-16(23)14-8-5-9-25-14/h4-10H,11H2,1-3H3,(H,19,24)(H,20,22)(H,21,23). The maximum absolute atomic E-state index is 11.9. The second-order valence-electron chi connectivity index (χ2n) is 6.49. The molecule has 132 valence electrons. The summed E-state index contributed by atoms with van der Waals surface area (Å²) in [4.78, 5) is 35.6. The SMILES string of the molecule is CC(C)(C)C(=O)NCC(=O)Nc1cccc(NC(=O)c2ccco2)c1. The molecule has 0 fully saturated rings. The number of rotatable bonds is 5. The van der Waals surface area contributed by atoms with Crippen LogP contribution in [0.25, 0.3) is 0 Å². The largest absolute Gasteiger partial charge is 0.459 e. The van der Waals surface area contributed by atoms with Gasteiger partial charge in [0.1, 0.15) is 0 Å². The van der Waals surface area contributed by atoms with Crippen LogP contribution in [0.1, 0.15) is 31.3 Å². The quantitative estimate of drug-likeness (QED) is 0.777. The van der Waals surface area contributed by atoms with Gasteiger partial charge in [0.15, 0.2) is 5.76 Å². The molecule has 1 aromatic carbocycles. The third-order valence-electron chi connectivity index (χ3n) is 3.24. The molecule has 0 aliphatic carbocycles. The minimum Gasteiger partial charge on any atom is -0.459 e. The Bertz CT molecular complexity index is 761. The van der Waals surface area contributed by atoms with Crippen LogP contribution in [0, 0.1) is 5.41 Å². The summed E-state index contributed by atoms with van der Waals surface area (Å²) in [6, 6.07) is 9.87. The maximum Gasteiger partial charge on any atom is 0.291 e. The molecule has 0 bridgehead atoms. The predicted molar refractivity (Wildman–Crippen MR) is 94.2 cm³/mol. The first-order valence-electron chi connectivity index (χ1n) is 7.79. The van der Waals surface area contributed by atoms with Crippen molar-refractivity contribution in [1.82, 2.24) is 5.32 Å². The topological polar surface area (TPSA) is 100 Å². The van der Waals surface area contributed by atoms with Crippen molar-refractivity contribution in [2.24, 2.45) is 5.41 Å². The van der Waals surface area contributed by atoms with Crippen LogP contribution >= 0.6 is 0 Å². The van der Waals surface area contributed by atoms with Crippen LogP contribution in [0.3, 0.4) is 0 Å². The van der Waals surface area contributed by atoms with Gasteiger partial charge in [0, 0.05) is 16.8 Å². The summed E-state index contributed by atoms with van der Waals surface area (Å²) < 4.78 is 5.02. The van der Waals surface area contributed by atoms with Crippen LogP contribution in [0.2, 0.25) is 0 Å². The first-order chi connectivity index (χ1) is 11.8. The highest BCUT2D eigenvalue weighted by molar-refractivity contribution is 6.03. The zero-order valence-corrected chi connectivity index (χ0v) is 14.4. The van der Waals surface area contributed by atoms with Gasteiger partial charge < -0.3 is 20.4 Å². The molecule has 1 heterocycles. The lowest BCUT2D eigenvalue weighted by Crippen LogP contribution is -2.39. The Morgan fingerprint density at radius 1 is 1.00 bits per heavy atom. The molecule has 7 heteroatoms. The fourth-order valence-electron chi connectivity index (χ4n) is 1.91. The molecule has 2 aromatic rings. The minimum atomic E-state index is -0.559. The fourth-order valence-corrected chi connectivity index (χ4v) is 1.91. The number of carbonyl (C=O) groups excluding carboxylic acids is 3. The lowest BCUT2D eigenvalue weighted by molar-refractivity contribution is -0.130. The second-order valence-corrected chi connectivity index (χ2v) is 6.49. The Hall–Kier alpha value is -3.09. The fraction of sp³-hybridized carbons (Fsp3) is 0.278. The normalized spacial score (nSPS) is 10.8. The van der Waals surface area contributed by atoms with Gasteiger partial charge in [-0.15, -0.1) is 0 Å². The van der Waals surface area contributed by atoms with Crippen LogP contribution in [-0.2, 0) is 9.59 Å². The van der Waals surface area contributed by atoms with Gasteiger partial charge in [0.2, 0.25) is 11.8 Å². The van der Waals surface area contributed by atoms with E-state index in [2.05, 4.69) is 16.0 Å². The van der Waals surface area contributed by atoms with E-state index in [4.69, 9.17) is 4.42 Å². The van der Waals surface area contributed by atoms with E-state index in [1.165, 1.54) is 6.26 Å². The number of hydrogen-bond donors (Lipinski definition) is 3. The molecular formula is C18H21N3O4. The molecule has 0 saturated heterocycles. The molecule has 25 heavy (non-hydrogen) atoms. The van der Waals surface area contributed by atoms with Crippen molar-refractivity contribution in [3.05, 3.63) is 48.4 Å². The van der Waals surface area contributed by atoms with Crippen molar-refractivity contribution in [3.63, 3.8) is 0 Å². The van der Waals surface area contributed by atoms with E-state index in [-0.39, 0.29) is 30.0 Å². The van der Waals surface area contributed by atoms with E-state index in [1.807, 2.05) is 0 Å². The first-order valence-corrected chi connectivity index (χ1v) is 7.79. The third-order valence-corrected chi connectivity index (χ3v) is 3.24. The van der Waals surface area contributed by atoms with Gasteiger partial charge in [0.05, 0.1) is 12.8 Å². The summed E-state index contributed by atoms with van der Waals surface area (Å²) in [5, 5.41) is 7.92. The smallest absolute Gasteiger partial charge is 0.291 e. The van der Waals surface area contributed by atoms with E-state index in [0.29, 0.717) is 11.4 Å². The zero-order chi connectivity index (χ0) is 18.4. The highest BCUT2D eigenvalue weighted by atomic mass is 16.3. The van der Waals surface area contributed by atoms with E-state index < -0.39 is 5.41 Å². The van der Waals surface area contributed by atoms with Crippen molar-refractivity contribution < 1.29 is 18.8 Å². The lowest BCUT2D eigenvalue weighted by Gasteiger charge is -2.17. The second kappa shape index (κ2) is 7.65. The van der Waals surface area contributed by atoms with Crippen LogP contribution in [0.4, 0.5) is 11.4 Å². The van der Waals surface area contributed by atoms with E-state index >= 15 is 0 Å². The Balaban J connectivity index is 1.91. The molecule has 3 N–H and O–H groups in total. The molecule has 7 nitrogen and oxygen atoms in total. The number of furan rings is 1. The summed E-state index contributed by atoms with van der Waals surface area (Å²) in [5.74, 6) is -0.750. The Morgan fingerprint density at radius 3 is 2.28 bits per heavy atom. The van der Waals surface area contributed by atoms with Crippen LogP contribution in [-0.4, -0.2) is 24.3 Å². The van der Waals surface area contributed by atoms with Gasteiger partial charge in [-0.3, -0.25) is 14.4 Å². The van der Waals surface area contributed by atoms with Gasteiger partial charge in [-0.2, -0.15) is 0 Å². The summed E-state index contributed by atoms with van der Waals surface area (Å²) >= 11 is 0. The average Bonchev–Trinajstić information content (AvgIpc) is 3.06. The van der Waals surface area contributed by atoms with E-state index in [9.17, 15) is 14.4 Å². The number of nitrogens with one attached hydrogen (secondary N) is 3. The molecule has 1 aromatic heterocycles. The zero-order valence-electron chi connectivity index (χ0n) is 14.4. The van der Waals surface area contributed by atoms with Crippen molar-refractivity contribution in [1.29, 1.82) is 0 Å². The van der Waals surface area contributed by atoms with Gasteiger partial charge in [-0.05, 0) is 30.3 Å². The average molecular weight is 343 g/mol. The molecule has 0 spiro atoms. The summed E-state index contributed by atoms with van der Waals surface area (Å²) in [7, 11) is 0. The van der Waals surface area contributed by atoms with Crippen molar-refractivity contribution in [3.8, 4) is 0 Å². The predicted octanol–water partition coefficient (Wildman–Crippen LogP) is 2.63. The molecule has 0 atom stereocenters. The third kappa shape index (κ3) is 5.49. The highest BCUT2D eigenvalue weighted by Gasteiger charge is 2.21. The molecule has 0 aliphatic heterocycles. The Labute approximate surface area is 145 Å². The monoisotopic (exact) mass is 343 g/mol. The van der Waals surface area contributed by atoms with Gasteiger partial charge in [-0.25, -0.2) is 0 Å². The van der Waals surface area contributed by atoms with Crippen molar-refractivity contribution >= 4 is 29.1 Å². The molecule has 2 rings (SSSR count). The van der Waals surface area contributed by atoms with Crippen LogP contribution < -0.4 is 16.0 Å². The van der Waals surface area contributed by atoms with Gasteiger partial charge >= 0.3 is 0 Å². The lowest BCUT2D eigenvalue weighted by atomic mass is 9.96. The summed E-state index contributed by atoms with van der Waals surface area (Å²) in [6.45, 7) is 5.18. The Kier molecular flexibility index (Phi) is 5.59. The minimum absolute atomic E-state index is 0.126. The summed E-state index contributed by atoms with van der Waals surface area (Å²) in [5.41, 5.74) is 0.459. The van der Waals surface area contributed by atoms with Crippen molar-refractivity contribution in [2.45, 2.75) is 20.8 Å².